The first kappa shape index (κ1) is 16.5. The molecule has 0 bridgehead atoms. The van der Waals surface area contributed by atoms with Crippen LogP contribution in [0.15, 0.2) is 9.59 Å². The molecule has 0 aromatic carbocycles. The van der Waals surface area contributed by atoms with E-state index in [0.29, 0.717) is 23.6 Å². The molecule has 0 atom stereocenters. The second-order valence-electron chi connectivity index (χ2n) is 7.08. The van der Waals surface area contributed by atoms with Gasteiger partial charge in [-0.1, -0.05) is 13.8 Å². The second kappa shape index (κ2) is 5.39. The first-order valence-corrected chi connectivity index (χ1v) is 7.47. The van der Waals surface area contributed by atoms with Gasteiger partial charge in [0, 0.05) is 32.6 Å². The second-order valence-corrected chi connectivity index (χ2v) is 7.08. The van der Waals surface area contributed by atoms with E-state index < -0.39 is 5.54 Å². The van der Waals surface area contributed by atoms with Crippen LogP contribution in [0, 0.1) is 5.92 Å². The molecule has 0 aliphatic carbocycles. The molecule has 2 N–H and O–H groups in total. The first-order chi connectivity index (χ1) is 10.0. The average molecular weight is 307 g/mol. The van der Waals surface area contributed by atoms with Gasteiger partial charge >= 0.3 is 5.69 Å². The highest BCUT2D eigenvalue weighted by Gasteiger charge is 2.23. The number of aromatic nitrogens is 4. The van der Waals surface area contributed by atoms with Crippen LogP contribution in [0.1, 0.15) is 33.5 Å². The lowest BCUT2D eigenvalue weighted by Gasteiger charge is -2.21. The lowest BCUT2D eigenvalue weighted by atomic mass is 10.1. The van der Waals surface area contributed by atoms with Crippen molar-refractivity contribution in [1.29, 1.82) is 0 Å². The van der Waals surface area contributed by atoms with Crippen LogP contribution >= 0.6 is 0 Å². The number of fused-ring (bicyclic) bond motifs is 1. The molecular formula is C15H25N5O2. The zero-order valence-corrected chi connectivity index (χ0v) is 14.2. The Morgan fingerprint density at radius 2 is 1.77 bits per heavy atom. The van der Waals surface area contributed by atoms with Crippen molar-refractivity contribution in [3.8, 4) is 0 Å². The molecule has 0 saturated carbocycles. The fraction of sp³-hybridized carbons (Fsp3) is 0.667. The zero-order chi connectivity index (χ0) is 16.8. The van der Waals surface area contributed by atoms with Crippen LogP contribution in [0.25, 0.3) is 11.2 Å². The van der Waals surface area contributed by atoms with Crippen LogP contribution in [0.2, 0.25) is 0 Å². The zero-order valence-electron chi connectivity index (χ0n) is 14.2. The van der Waals surface area contributed by atoms with Gasteiger partial charge in [-0.15, -0.1) is 0 Å². The quantitative estimate of drug-likeness (QED) is 0.884. The third-order valence-electron chi connectivity index (χ3n) is 3.58. The number of nitrogens with zero attached hydrogens (tertiary/aromatic N) is 4. The topological polar surface area (TPSA) is 87.8 Å². The highest BCUT2D eigenvalue weighted by atomic mass is 16.2. The van der Waals surface area contributed by atoms with Crippen molar-refractivity contribution in [3.63, 3.8) is 0 Å². The Morgan fingerprint density at radius 3 is 2.27 bits per heavy atom. The molecular weight excluding hydrogens is 282 g/mol. The Balaban J connectivity index is 2.88. The molecule has 2 heterocycles. The van der Waals surface area contributed by atoms with Crippen molar-refractivity contribution < 1.29 is 0 Å². The van der Waals surface area contributed by atoms with Crippen molar-refractivity contribution >= 4 is 11.2 Å². The summed E-state index contributed by atoms with van der Waals surface area (Å²) in [4.78, 5) is 29.2. The van der Waals surface area contributed by atoms with Crippen LogP contribution in [0.5, 0.6) is 0 Å². The monoisotopic (exact) mass is 307 g/mol. The molecule has 0 aliphatic heterocycles. The highest BCUT2D eigenvalue weighted by Crippen LogP contribution is 2.17. The summed E-state index contributed by atoms with van der Waals surface area (Å²) in [6, 6.07) is 0. The van der Waals surface area contributed by atoms with Crippen molar-refractivity contribution in [1.82, 2.24) is 18.7 Å². The summed E-state index contributed by atoms with van der Waals surface area (Å²) >= 11 is 0. The summed E-state index contributed by atoms with van der Waals surface area (Å²) in [5.41, 5.74) is 5.83. The summed E-state index contributed by atoms with van der Waals surface area (Å²) < 4.78 is 4.40. The van der Waals surface area contributed by atoms with Gasteiger partial charge < -0.3 is 10.3 Å². The Kier molecular flexibility index (Phi) is 4.04. The normalized spacial score (nSPS) is 12.5. The van der Waals surface area contributed by atoms with Crippen molar-refractivity contribution in [3.05, 3.63) is 26.7 Å². The minimum Gasteiger partial charge on any atom is -0.324 e. The minimum atomic E-state index is -0.487. The SMILES string of the molecule is CC(C)Cc1nc2c(c(=O)n(C)c(=O)n2C)n1CC(C)(C)N. The lowest BCUT2D eigenvalue weighted by molar-refractivity contribution is 0.425. The van der Waals surface area contributed by atoms with Gasteiger partial charge in [0.2, 0.25) is 0 Å². The molecule has 7 nitrogen and oxygen atoms in total. The van der Waals surface area contributed by atoms with Crippen molar-refractivity contribution in [2.75, 3.05) is 0 Å². The van der Waals surface area contributed by atoms with Gasteiger partial charge in [-0.3, -0.25) is 13.9 Å². The molecule has 7 heteroatoms. The van der Waals surface area contributed by atoms with E-state index in [1.165, 1.54) is 11.6 Å². The molecule has 2 rings (SSSR count). The predicted molar refractivity (Wildman–Crippen MR) is 87.0 cm³/mol. The molecule has 0 unspecified atom stereocenters. The summed E-state index contributed by atoms with van der Waals surface area (Å²) in [6.45, 7) is 8.47. The number of aryl methyl sites for hydroxylation is 1. The van der Waals surface area contributed by atoms with Gasteiger partial charge in [-0.2, -0.15) is 0 Å². The van der Waals surface area contributed by atoms with Crippen LogP contribution in [0.4, 0.5) is 0 Å². The third kappa shape index (κ3) is 2.85. The number of hydrogen-bond donors (Lipinski definition) is 1. The molecule has 0 spiro atoms. The number of nitrogens with two attached hydrogens (primary N) is 1. The molecule has 2 aromatic rings. The maximum Gasteiger partial charge on any atom is 0.332 e. The first-order valence-electron chi connectivity index (χ1n) is 7.47. The summed E-state index contributed by atoms with van der Waals surface area (Å²) in [5.74, 6) is 1.18. The summed E-state index contributed by atoms with van der Waals surface area (Å²) in [6.07, 6.45) is 0.724. The number of rotatable bonds is 4. The fourth-order valence-electron chi connectivity index (χ4n) is 2.59. The van der Waals surface area contributed by atoms with E-state index in [0.717, 1.165) is 16.8 Å². The Labute approximate surface area is 129 Å². The van der Waals surface area contributed by atoms with E-state index >= 15 is 0 Å². The van der Waals surface area contributed by atoms with Gasteiger partial charge in [0.05, 0.1) is 0 Å². The molecule has 0 amide bonds. The number of hydrogen-bond acceptors (Lipinski definition) is 4. The van der Waals surface area contributed by atoms with Gasteiger partial charge in [0.1, 0.15) is 5.82 Å². The minimum absolute atomic E-state index is 0.329. The van der Waals surface area contributed by atoms with Gasteiger partial charge in [-0.05, 0) is 19.8 Å². The Bertz CT molecular complexity index is 818. The van der Waals surface area contributed by atoms with Gasteiger partial charge in [0.15, 0.2) is 11.2 Å². The van der Waals surface area contributed by atoms with E-state index in [4.69, 9.17) is 5.73 Å². The molecule has 0 saturated heterocycles. The van der Waals surface area contributed by atoms with Crippen molar-refractivity contribution in [2.45, 2.75) is 46.2 Å². The van der Waals surface area contributed by atoms with Crippen LogP contribution < -0.4 is 17.0 Å². The Hall–Kier alpha value is -1.89. The summed E-state index contributed by atoms with van der Waals surface area (Å²) in [7, 11) is 3.12. The predicted octanol–water partition coefficient (Wildman–Crippen LogP) is 0.370. The smallest absolute Gasteiger partial charge is 0.324 e. The van der Waals surface area contributed by atoms with Crippen LogP contribution in [0.3, 0.4) is 0 Å². The highest BCUT2D eigenvalue weighted by molar-refractivity contribution is 5.71. The fourth-order valence-corrected chi connectivity index (χ4v) is 2.59. The van der Waals surface area contributed by atoms with E-state index in [9.17, 15) is 9.59 Å². The number of imidazole rings is 1. The van der Waals surface area contributed by atoms with E-state index in [-0.39, 0.29) is 11.2 Å². The van der Waals surface area contributed by atoms with E-state index in [1.807, 2.05) is 18.4 Å². The van der Waals surface area contributed by atoms with Gasteiger partial charge in [0.25, 0.3) is 5.56 Å². The maximum atomic E-state index is 12.6. The molecule has 0 fully saturated rings. The summed E-state index contributed by atoms with van der Waals surface area (Å²) in [5, 5.41) is 0. The third-order valence-corrected chi connectivity index (χ3v) is 3.58. The van der Waals surface area contributed by atoms with Crippen LogP contribution in [-0.4, -0.2) is 24.2 Å². The largest absolute Gasteiger partial charge is 0.332 e. The lowest BCUT2D eigenvalue weighted by Crippen LogP contribution is -2.40. The standard InChI is InChI=1S/C15H25N5O2/c1-9(2)7-10-17-12-11(20(10)8-15(3,4)16)13(21)19(6)14(22)18(12)5/h9H,7-8,16H2,1-6H3. The maximum absolute atomic E-state index is 12.6. The molecule has 0 radical (unpaired) electrons. The molecule has 0 aliphatic rings. The molecule has 2 aromatic heterocycles. The van der Waals surface area contributed by atoms with Crippen LogP contribution in [-0.2, 0) is 27.1 Å². The Morgan fingerprint density at radius 1 is 1.18 bits per heavy atom. The molecule has 122 valence electrons. The molecule has 22 heavy (non-hydrogen) atoms. The van der Waals surface area contributed by atoms with Crippen molar-refractivity contribution in [2.24, 2.45) is 25.7 Å². The average Bonchev–Trinajstić information content (AvgIpc) is 2.70. The van der Waals surface area contributed by atoms with E-state index in [1.54, 1.807) is 7.05 Å². The van der Waals surface area contributed by atoms with Gasteiger partial charge in [-0.25, -0.2) is 9.78 Å². The van der Waals surface area contributed by atoms with E-state index in [2.05, 4.69) is 18.8 Å².